The Balaban J connectivity index is 2.08. The van der Waals surface area contributed by atoms with Gasteiger partial charge in [0.15, 0.2) is 0 Å². The van der Waals surface area contributed by atoms with E-state index >= 15 is 0 Å². The van der Waals surface area contributed by atoms with E-state index < -0.39 is 30.8 Å². The fourth-order valence-corrected chi connectivity index (χ4v) is 1.92. The molecule has 0 aliphatic heterocycles. The SMILES string of the molecule is NCCOB(Oc1ccc(C(F)(F)F)cc1)Oc1ccc(C(F)(F)F)cc1. The highest BCUT2D eigenvalue weighted by Gasteiger charge is 2.32. The van der Waals surface area contributed by atoms with Crippen LogP contribution in [-0.4, -0.2) is 20.5 Å². The van der Waals surface area contributed by atoms with Crippen molar-refractivity contribution in [3.05, 3.63) is 59.7 Å². The van der Waals surface area contributed by atoms with Gasteiger partial charge in [0.1, 0.15) is 11.5 Å². The van der Waals surface area contributed by atoms with E-state index in [1.165, 1.54) is 0 Å². The summed E-state index contributed by atoms with van der Waals surface area (Å²) in [5.41, 5.74) is 3.59. The molecule has 2 rings (SSSR count). The van der Waals surface area contributed by atoms with Gasteiger partial charge in [-0.25, -0.2) is 0 Å². The summed E-state index contributed by atoms with van der Waals surface area (Å²) < 4.78 is 91.2. The van der Waals surface area contributed by atoms with E-state index in [1.54, 1.807) is 0 Å². The number of halogens is 6. The average molecular weight is 393 g/mol. The molecule has 0 spiro atoms. The third kappa shape index (κ3) is 6.37. The van der Waals surface area contributed by atoms with Crippen molar-refractivity contribution in [3.8, 4) is 11.5 Å². The minimum atomic E-state index is -4.50. The zero-order chi connectivity index (χ0) is 20.1. The van der Waals surface area contributed by atoms with Crippen molar-refractivity contribution in [2.75, 3.05) is 13.2 Å². The summed E-state index contributed by atoms with van der Waals surface area (Å²) in [5.74, 6) is 0.0221. The number of benzene rings is 2. The number of nitrogens with two attached hydrogens (primary N) is 1. The molecule has 0 heterocycles. The Morgan fingerprint density at radius 1 is 0.704 bits per heavy atom. The van der Waals surface area contributed by atoms with Crippen molar-refractivity contribution >= 4 is 7.32 Å². The smallest absolute Gasteiger partial charge is 0.501 e. The molecular weight excluding hydrogens is 379 g/mol. The average Bonchev–Trinajstić information content (AvgIpc) is 2.59. The molecular formula is C16H14BF6NO3. The normalized spacial score (nSPS) is 12.0. The molecule has 4 nitrogen and oxygen atoms in total. The van der Waals surface area contributed by atoms with E-state index in [0.717, 1.165) is 48.5 Å². The van der Waals surface area contributed by atoms with Crippen LogP contribution in [0.15, 0.2) is 48.5 Å². The van der Waals surface area contributed by atoms with Crippen molar-refractivity contribution < 1.29 is 40.3 Å². The molecule has 0 saturated heterocycles. The number of hydrogen-bond donors (Lipinski definition) is 1. The van der Waals surface area contributed by atoms with Gasteiger partial charge in [-0.2, -0.15) is 26.3 Å². The lowest BCUT2D eigenvalue weighted by molar-refractivity contribution is -0.138. The minimum absolute atomic E-state index is 0.00800. The molecule has 27 heavy (non-hydrogen) atoms. The summed E-state index contributed by atoms with van der Waals surface area (Å²) in [4.78, 5) is 0. The Hall–Kier alpha value is -2.40. The summed E-state index contributed by atoms with van der Waals surface area (Å²) >= 11 is 0. The van der Waals surface area contributed by atoms with Crippen LogP contribution in [0.25, 0.3) is 0 Å². The summed E-state index contributed by atoms with van der Waals surface area (Å²) in [5, 5.41) is 0. The van der Waals surface area contributed by atoms with Crippen LogP contribution in [0.4, 0.5) is 26.3 Å². The summed E-state index contributed by atoms with van der Waals surface area (Å²) in [6.45, 7) is 0.0924. The topological polar surface area (TPSA) is 53.7 Å². The van der Waals surface area contributed by atoms with Crippen LogP contribution in [0.1, 0.15) is 11.1 Å². The summed E-state index contributed by atoms with van der Waals surface area (Å²) in [7, 11) is -1.41. The zero-order valence-electron chi connectivity index (χ0n) is 13.7. The Morgan fingerprint density at radius 3 is 1.37 bits per heavy atom. The first kappa shape index (κ1) is 20.9. The Kier molecular flexibility index (Phi) is 6.61. The molecule has 0 unspecified atom stereocenters. The number of hydrogen-bond acceptors (Lipinski definition) is 4. The van der Waals surface area contributed by atoms with Crippen LogP contribution >= 0.6 is 0 Å². The van der Waals surface area contributed by atoms with Crippen LogP contribution in [0.5, 0.6) is 11.5 Å². The maximum Gasteiger partial charge on any atom is 0.788 e. The number of alkyl halides is 6. The van der Waals surface area contributed by atoms with E-state index in [4.69, 9.17) is 19.7 Å². The van der Waals surface area contributed by atoms with Crippen LogP contribution in [0.2, 0.25) is 0 Å². The Labute approximate surface area is 151 Å². The van der Waals surface area contributed by atoms with Gasteiger partial charge in [0.25, 0.3) is 0 Å². The highest BCUT2D eigenvalue weighted by molar-refractivity contribution is 6.38. The third-order valence-corrected chi connectivity index (χ3v) is 3.20. The van der Waals surface area contributed by atoms with Crippen LogP contribution in [0.3, 0.4) is 0 Å². The van der Waals surface area contributed by atoms with Gasteiger partial charge in [-0.1, -0.05) is 0 Å². The maximum absolute atomic E-state index is 12.6. The standard InChI is InChI=1S/C16H14BF6NO3/c18-15(19,20)11-1-5-13(6-2-11)26-17(25-10-9-24)27-14-7-3-12(4-8-14)16(21,22)23/h1-8H,9-10,24H2. The van der Waals surface area contributed by atoms with Gasteiger partial charge in [-0.15, -0.1) is 0 Å². The van der Waals surface area contributed by atoms with E-state index in [9.17, 15) is 26.3 Å². The van der Waals surface area contributed by atoms with E-state index in [0.29, 0.717) is 0 Å². The van der Waals surface area contributed by atoms with Gasteiger partial charge in [0, 0.05) is 13.2 Å². The summed E-state index contributed by atoms with van der Waals surface area (Å²) in [6.07, 6.45) is -8.99. The minimum Gasteiger partial charge on any atom is -0.501 e. The van der Waals surface area contributed by atoms with E-state index in [-0.39, 0.29) is 24.7 Å². The molecule has 0 aromatic heterocycles. The van der Waals surface area contributed by atoms with E-state index in [2.05, 4.69) is 0 Å². The zero-order valence-corrected chi connectivity index (χ0v) is 13.7. The third-order valence-electron chi connectivity index (χ3n) is 3.20. The van der Waals surface area contributed by atoms with Crippen molar-refractivity contribution in [1.82, 2.24) is 0 Å². The van der Waals surface area contributed by atoms with Gasteiger partial charge in [0.2, 0.25) is 0 Å². The molecule has 0 bridgehead atoms. The lowest BCUT2D eigenvalue weighted by Gasteiger charge is -2.16. The molecule has 0 aliphatic carbocycles. The first-order valence-corrected chi connectivity index (χ1v) is 7.59. The fraction of sp³-hybridized carbons (Fsp3) is 0.250. The molecule has 2 N–H and O–H groups in total. The van der Waals surface area contributed by atoms with Crippen molar-refractivity contribution in [1.29, 1.82) is 0 Å². The van der Waals surface area contributed by atoms with Crippen molar-refractivity contribution in [3.63, 3.8) is 0 Å². The molecule has 0 saturated carbocycles. The lowest BCUT2D eigenvalue weighted by Crippen LogP contribution is -2.35. The van der Waals surface area contributed by atoms with Gasteiger partial charge >= 0.3 is 19.7 Å². The second-order valence-electron chi connectivity index (χ2n) is 5.23. The Morgan fingerprint density at radius 2 is 1.07 bits per heavy atom. The Bertz CT molecular complexity index is 659. The lowest BCUT2D eigenvalue weighted by atomic mass is 10.1. The van der Waals surface area contributed by atoms with Crippen molar-refractivity contribution in [2.45, 2.75) is 12.4 Å². The maximum atomic E-state index is 12.6. The molecule has 146 valence electrons. The predicted molar refractivity (Wildman–Crippen MR) is 84.9 cm³/mol. The molecule has 2 aromatic rings. The fourth-order valence-electron chi connectivity index (χ4n) is 1.92. The molecule has 2 aromatic carbocycles. The van der Waals surface area contributed by atoms with Gasteiger partial charge < -0.3 is 19.7 Å². The highest BCUT2D eigenvalue weighted by atomic mass is 19.4. The first-order valence-electron chi connectivity index (χ1n) is 7.59. The van der Waals surface area contributed by atoms with Gasteiger partial charge in [-0.05, 0) is 48.5 Å². The predicted octanol–water partition coefficient (Wildman–Crippen LogP) is 4.14. The van der Waals surface area contributed by atoms with Crippen molar-refractivity contribution in [2.24, 2.45) is 5.73 Å². The van der Waals surface area contributed by atoms with Gasteiger partial charge in [0.05, 0.1) is 11.1 Å². The van der Waals surface area contributed by atoms with Crippen LogP contribution < -0.4 is 15.0 Å². The van der Waals surface area contributed by atoms with Crippen LogP contribution in [0, 0.1) is 0 Å². The molecule has 0 radical (unpaired) electrons. The second-order valence-corrected chi connectivity index (χ2v) is 5.23. The van der Waals surface area contributed by atoms with E-state index in [1.807, 2.05) is 0 Å². The van der Waals surface area contributed by atoms with Crippen LogP contribution in [-0.2, 0) is 17.0 Å². The van der Waals surface area contributed by atoms with Gasteiger partial charge in [-0.3, -0.25) is 0 Å². The molecule has 11 heteroatoms. The largest absolute Gasteiger partial charge is 0.788 e. The second kappa shape index (κ2) is 8.53. The molecule has 0 fully saturated rings. The summed E-state index contributed by atoms with van der Waals surface area (Å²) in [6, 6.07) is 7.52. The quantitative estimate of drug-likeness (QED) is 0.568. The highest BCUT2D eigenvalue weighted by Crippen LogP contribution is 2.31. The number of rotatable bonds is 7. The molecule has 0 atom stereocenters. The molecule has 0 aliphatic rings. The first-order chi connectivity index (χ1) is 12.6. The monoisotopic (exact) mass is 393 g/mol. The molecule has 0 amide bonds.